The van der Waals surface area contributed by atoms with Crippen LogP contribution in [0.25, 0.3) is 0 Å². The summed E-state index contributed by atoms with van der Waals surface area (Å²) >= 11 is 0. The maximum Gasteiger partial charge on any atom is 0.166 e. The molecule has 1 aromatic rings. The minimum Gasteiger partial charge on any atom is -0.486 e. The van der Waals surface area contributed by atoms with Gasteiger partial charge in [-0.3, -0.25) is 15.4 Å². The van der Waals surface area contributed by atoms with Crippen molar-refractivity contribution in [3.05, 3.63) is 17.7 Å². The third-order valence-corrected chi connectivity index (χ3v) is 2.91. The number of nitrogens with one attached hydrogen (secondary N) is 1. The second-order valence-corrected chi connectivity index (χ2v) is 4.09. The van der Waals surface area contributed by atoms with Gasteiger partial charge in [0.2, 0.25) is 0 Å². The smallest absolute Gasteiger partial charge is 0.166 e. The summed E-state index contributed by atoms with van der Waals surface area (Å²) in [7, 11) is 0. The van der Waals surface area contributed by atoms with Crippen LogP contribution in [0.3, 0.4) is 0 Å². The van der Waals surface area contributed by atoms with E-state index in [1.807, 2.05) is 30.4 Å². The molecule has 2 aliphatic heterocycles. The fourth-order valence-electron chi connectivity index (χ4n) is 2.00. The van der Waals surface area contributed by atoms with E-state index in [1.165, 1.54) is 0 Å². The molecule has 0 aliphatic carbocycles. The highest BCUT2D eigenvalue weighted by molar-refractivity contribution is 5.66. The van der Waals surface area contributed by atoms with Crippen molar-refractivity contribution < 1.29 is 9.47 Å². The van der Waals surface area contributed by atoms with Gasteiger partial charge in [0.05, 0.1) is 18.8 Å². The van der Waals surface area contributed by atoms with Gasteiger partial charge in [-0.15, -0.1) is 0 Å². The molecule has 0 atom stereocenters. The van der Waals surface area contributed by atoms with Crippen molar-refractivity contribution in [2.24, 2.45) is 4.99 Å². The molecule has 1 aromatic carbocycles. The van der Waals surface area contributed by atoms with Gasteiger partial charge in [-0.25, -0.2) is 0 Å². The first-order chi connectivity index (χ1) is 8.34. The van der Waals surface area contributed by atoms with Crippen LogP contribution in [0.1, 0.15) is 5.56 Å². The zero-order valence-corrected chi connectivity index (χ0v) is 9.77. The van der Waals surface area contributed by atoms with Gasteiger partial charge in [-0.2, -0.15) is 0 Å². The van der Waals surface area contributed by atoms with Gasteiger partial charge < -0.3 is 9.47 Å². The number of hydrazine groups is 1. The second kappa shape index (κ2) is 4.16. The maximum absolute atomic E-state index is 5.64. The predicted octanol–water partition coefficient (Wildman–Crippen LogP) is 1.44. The van der Waals surface area contributed by atoms with E-state index in [4.69, 9.17) is 9.47 Å². The molecule has 0 aromatic heterocycles. The van der Waals surface area contributed by atoms with Crippen LogP contribution in [0.2, 0.25) is 0 Å². The summed E-state index contributed by atoms with van der Waals surface area (Å²) < 4.78 is 11.2. The van der Waals surface area contributed by atoms with E-state index in [0.29, 0.717) is 13.2 Å². The number of fused-ring (bicyclic) bond motifs is 1. The highest BCUT2D eigenvalue weighted by Crippen LogP contribution is 2.37. The van der Waals surface area contributed by atoms with Crippen molar-refractivity contribution in [2.75, 3.05) is 31.7 Å². The first-order valence-corrected chi connectivity index (χ1v) is 5.77. The topological polar surface area (TPSA) is 46.1 Å². The number of aliphatic imine (C=N–C) groups is 1. The lowest BCUT2D eigenvalue weighted by molar-refractivity contribution is 0.170. The van der Waals surface area contributed by atoms with Gasteiger partial charge >= 0.3 is 0 Å². The number of hydrogen-bond donors (Lipinski definition) is 1. The van der Waals surface area contributed by atoms with Gasteiger partial charge in [0.15, 0.2) is 11.5 Å². The van der Waals surface area contributed by atoms with Crippen LogP contribution < -0.4 is 14.9 Å². The maximum atomic E-state index is 5.64. The largest absolute Gasteiger partial charge is 0.486 e. The Hall–Kier alpha value is -1.91. The van der Waals surface area contributed by atoms with E-state index in [9.17, 15) is 0 Å². The van der Waals surface area contributed by atoms with Crippen LogP contribution in [0.15, 0.2) is 17.1 Å². The predicted molar refractivity (Wildman–Crippen MR) is 65.9 cm³/mol. The number of hydrogen-bond acceptors (Lipinski definition) is 5. The summed E-state index contributed by atoms with van der Waals surface area (Å²) in [4.78, 5) is 4.16. The molecule has 17 heavy (non-hydrogen) atoms. The van der Waals surface area contributed by atoms with Crippen molar-refractivity contribution in [2.45, 2.75) is 6.92 Å². The third kappa shape index (κ3) is 1.88. The molecule has 0 bridgehead atoms. The normalized spacial score (nSPS) is 17.4. The minimum atomic E-state index is 0.614. The SMILES string of the molecule is Cc1c(NN2C=NCC2)ccc2c1OCCO2. The molecule has 1 N–H and O–H groups in total. The summed E-state index contributed by atoms with van der Waals surface area (Å²) in [5.41, 5.74) is 5.41. The van der Waals surface area contributed by atoms with E-state index in [-0.39, 0.29) is 0 Å². The zero-order valence-electron chi connectivity index (χ0n) is 9.77. The van der Waals surface area contributed by atoms with E-state index < -0.39 is 0 Å². The monoisotopic (exact) mass is 233 g/mol. The van der Waals surface area contributed by atoms with E-state index in [0.717, 1.165) is 35.8 Å². The van der Waals surface area contributed by atoms with Crippen LogP contribution in [0.5, 0.6) is 11.5 Å². The van der Waals surface area contributed by atoms with E-state index >= 15 is 0 Å². The van der Waals surface area contributed by atoms with E-state index in [1.54, 1.807) is 0 Å². The van der Waals surface area contributed by atoms with Crippen molar-refractivity contribution in [1.29, 1.82) is 0 Å². The summed E-state index contributed by atoms with van der Waals surface area (Å²) in [6.45, 7) is 5.01. The first kappa shape index (κ1) is 10.3. The number of rotatable bonds is 2. The molecule has 0 saturated carbocycles. The Morgan fingerprint density at radius 2 is 2.18 bits per heavy atom. The Bertz CT molecular complexity index is 459. The van der Waals surface area contributed by atoms with Crippen LogP contribution in [-0.4, -0.2) is 37.7 Å². The average Bonchev–Trinajstić information content (AvgIpc) is 2.86. The lowest BCUT2D eigenvalue weighted by atomic mass is 10.1. The van der Waals surface area contributed by atoms with Gasteiger partial charge in [-0.05, 0) is 19.1 Å². The molecule has 0 spiro atoms. The molecule has 0 saturated heterocycles. The highest BCUT2D eigenvalue weighted by Gasteiger charge is 2.17. The van der Waals surface area contributed by atoms with Crippen LogP contribution in [-0.2, 0) is 0 Å². The molecule has 3 rings (SSSR count). The average molecular weight is 233 g/mol. The molecular formula is C12H15N3O2. The Morgan fingerprint density at radius 3 is 3.00 bits per heavy atom. The molecule has 90 valence electrons. The van der Waals surface area contributed by atoms with Gasteiger partial charge in [0.25, 0.3) is 0 Å². The molecule has 2 aliphatic rings. The highest BCUT2D eigenvalue weighted by atomic mass is 16.6. The van der Waals surface area contributed by atoms with Gasteiger partial charge in [0, 0.05) is 5.56 Å². The van der Waals surface area contributed by atoms with Gasteiger partial charge in [-0.1, -0.05) is 0 Å². The fourth-order valence-corrected chi connectivity index (χ4v) is 2.00. The molecule has 0 unspecified atom stereocenters. The summed E-state index contributed by atoms with van der Waals surface area (Å²) in [6, 6.07) is 3.95. The lowest BCUT2D eigenvalue weighted by Crippen LogP contribution is -2.27. The first-order valence-electron chi connectivity index (χ1n) is 5.77. The van der Waals surface area contributed by atoms with Crippen molar-refractivity contribution in [3.8, 4) is 11.5 Å². The van der Waals surface area contributed by atoms with E-state index in [2.05, 4.69) is 10.4 Å². The zero-order chi connectivity index (χ0) is 11.7. The Labute approximate surface area is 100 Å². The van der Waals surface area contributed by atoms with Crippen molar-refractivity contribution in [3.63, 3.8) is 0 Å². The second-order valence-electron chi connectivity index (χ2n) is 4.09. The Balaban J connectivity index is 1.87. The summed E-state index contributed by atoms with van der Waals surface area (Å²) in [6.07, 6.45) is 1.82. The number of benzene rings is 1. The molecule has 2 heterocycles. The molecule has 0 amide bonds. The Morgan fingerprint density at radius 1 is 1.29 bits per heavy atom. The van der Waals surface area contributed by atoms with Gasteiger partial charge in [0.1, 0.15) is 19.6 Å². The van der Waals surface area contributed by atoms with Crippen molar-refractivity contribution in [1.82, 2.24) is 5.01 Å². The molecule has 5 nitrogen and oxygen atoms in total. The van der Waals surface area contributed by atoms with Crippen molar-refractivity contribution >= 4 is 12.0 Å². The third-order valence-electron chi connectivity index (χ3n) is 2.91. The molecule has 0 radical (unpaired) electrons. The van der Waals surface area contributed by atoms with Crippen LogP contribution >= 0.6 is 0 Å². The quantitative estimate of drug-likeness (QED) is 0.839. The number of ether oxygens (including phenoxy) is 2. The molecule has 5 heteroatoms. The summed E-state index contributed by atoms with van der Waals surface area (Å²) in [5, 5.41) is 1.97. The molecular weight excluding hydrogens is 218 g/mol. The number of nitrogens with zero attached hydrogens (tertiary/aromatic N) is 2. The number of anilines is 1. The Kier molecular flexibility index (Phi) is 2.51. The fraction of sp³-hybridized carbons (Fsp3) is 0.417. The minimum absolute atomic E-state index is 0.614. The lowest BCUT2D eigenvalue weighted by Gasteiger charge is -2.24. The standard InChI is InChI=1S/C12H15N3O2/c1-9-10(14-15-5-4-13-8-15)2-3-11-12(9)17-7-6-16-11/h2-3,8,14H,4-7H2,1H3. The van der Waals surface area contributed by atoms with Crippen LogP contribution in [0.4, 0.5) is 5.69 Å². The molecule has 0 fully saturated rings. The van der Waals surface area contributed by atoms with Crippen LogP contribution in [0, 0.1) is 6.92 Å². The summed E-state index contributed by atoms with van der Waals surface area (Å²) in [5.74, 6) is 1.67.